The Morgan fingerprint density at radius 3 is 2.67 bits per heavy atom. The van der Waals surface area contributed by atoms with Gasteiger partial charge in [0, 0.05) is 6.04 Å². The summed E-state index contributed by atoms with van der Waals surface area (Å²) in [7, 11) is -3.11. The third-order valence-electron chi connectivity index (χ3n) is 4.98. The lowest BCUT2D eigenvalue weighted by molar-refractivity contribution is -0.140. The number of furan rings is 1. The molecule has 0 bridgehead atoms. The molecule has 1 aromatic heterocycles. The van der Waals surface area contributed by atoms with Crippen molar-refractivity contribution in [3.63, 3.8) is 0 Å². The highest BCUT2D eigenvalue weighted by atomic mass is 32.2. The van der Waals surface area contributed by atoms with Gasteiger partial charge in [-0.2, -0.15) is 0 Å². The maximum absolute atomic E-state index is 13.1. The normalized spacial score (nSPS) is 19.6. The quantitative estimate of drug-likeness (QED) is 0.757. The van der Waals surface area contributed by atoms with Crippen LogP contribution < -0.4 is 4.74 Å². The maximum atomic E-state index is 13.1. The van der Waals surface area contributed by atoms with Gasteiger partial charge in [0.05, 0.1) is 24.3 Å². The van der Waals surface area contributed by atoms with Crippen LogP contribution in [0.4, 0.5) is 0 Å². The van der Waals surface area contributed by atoms with E-state index in [0.717, 1.165) is 11.1 Å². The van der Waals surface area contributed by atoms with Gasteiger partial charge in [-0.3, -0.25) is 4.79 Å². The van der Waals surface area contributed by atoms with Crippen LogP contribution >= 0.6 is 0 Å². The Labute approximate surface area is 160 Å². The fraction of sp³-hybridized carbons (Fsp3) is 0.450. The minimum Gasteiger partial charge on any atom is -0.481 e. The summed E-state index contributed by atoms with van der Waals surface area (Å²) in [4.78, 5) is 14.7. The second-order valence-corrected chi connectivity index (χ2v) is 9.34. The van der Waals surface area contributed by atoms with E-state index in [0.29, 0.717) is 17.9 Å². The minimum absolute atomic E-state index is 0.0180. The molecular formula is C20H25NO5S. The van der Waals surface area contributed by atoms with Crippen LogP contribution in [-0.2, 0) is 21.2 Å². The van der Waals surface area contributed by atoms with Crippen molar-refractivity contribution in [2.75, 3.05) is 11.5 Å². The lowest BCUT2D eigenvalue weighted by Gasteiger charge is -2.30. The lowest BCUT2D eigenvalue weighted by Crippen LogP contribution is -2.46. The molecule has 0 N–H and O–H groups in total. The molecule has 0 unspecified atom stereocenters. The monoisotopic (exact) mass is 391 g/mol. The molecule has 0 saturated carbocycles. The summed E-state index contributed by atoms with van der Waals surface area (Å²) in [5, 5.41) is 0. The number of benzene rings is 1. The molecule has 1 fully saturated rings. The minimum atomic E-state index is -3.11. The van der Waals surface area contributed by atoms with Crippen molar-refractivity contribution in [2.24, 2.45) is 0 Å². The molecule has 1 amide bonds. The molecule has 3 rings (SSSR count). The Morgan fingerprint density at radius 2 is 2.07 bits per heavy atom. The van der Waals surface area contributed by atoms with Crippen LogP contribution in [0.1, 0.15) is 30.2 Å². The van der Waals surface area contributed by atoms with Crippen LogP contribution in [-0.4, -0.2) is 42.9 Å². The smallest absolute Gasteiger partial charge is 0.264 e. The van der Waals surface area contributed by atoms with Crippen LogP contribution in [0.3, 0.4) is 0 Å². The number of amides is 1. The van der Waals surface area contributed by atoms with Gasteiger partial charge in [0.1, 0.15) is 11.5 Å². The molecule has 0 spiro atoms. The molecule has 146 valence electrons. The second-order valence-electron chi connectivity index (χ2n) is 7.11. The Morgan fingerprint density at radius 1 is 1.30 bits per heavy atom. The molecule has 2 aromatic rings. The average molecular weight is 391 g/mol. The highest BCUT2D eigenvalue weighted by Gasteiger charge is 2.37. The number of hydrogen-bond donors (Lipinski definition) is 0. The van der Waals surface area contributed by atoms with Gasteiger partial charge < -0.3 is 14.1 Å². The molecule has 1 aromatic carbocycles. The average Bonchev–Trinajstić information content (AvgIpc) is 3.24. The number of sulfone groups is 1. The van der Waals surface area contributed by atoms with Gasteiger partial charge in [0.2, 0.25) is 0 Å². The first-order valence-corrected chi connectivity index (χ1v) is 10.8. The topological polar surface area (TPSA) is 76.8 Å². The summed E-state index contributed by atoms with van der Waals surface area (Å²) in [5.74, 6) is 1.08. The van der Waals surface area contributed by atoms with E-state index < -0.39 is 15.9 Å². The number of nitrogens with zero attached hydrogens (tertiary/aromatic N) is 1. The van der Waals surface area contributed by atoms with Gasteiger partial charge >= 0.3 is 0 Å². The Balaban J connectivity index is 1.77. The Bertz CT molecular complexity index is 904. The fourth-order valence-corrected chi connectivity index (χ4v) is 4.98. The molecule has 1 aliphatic heterocycles. The fourth-order valence-electron chi connectivity index (χ4n) is 3.25. The summed E-state index contributed by atoms with van der Waals surface area (Å²) < 4.78 is 35.0. The summed E-state index contributed by atoms with van der Waals surface area (Å²) >= 11 is 0. The molecule has 2 heterocycles. The van der Waals surface area contributed by atoms with Crippen molar-refractivity contribution in [1.29, 1.82) is 0 Å². The van der Waals surface area contributed by atoms with E-state index in [-0.39, 0.29) is 30.0 Å². The summed E-state index contributed by atoms with van der Waals surface area (Å²) in [6.07, 6.45) is 1.24. The zero-order valence-corrected chi connectivity index (χ0v) is 16.7. The van der Waals surface area contributed by atoms with Gasteiger partial charge in [0.15, 0.2) is 15.9 Å². The zero-order chi connectivity index (χ0) is 19.6. The van der Waals surface area contributed by atoms with Crippen molar-refractivity contribution < 1.29 is 22.4 Å². The standard InChI is InChI=1S/C20H25NO5S/c1-14-6-7-18(11-15(14)2)26-16(3)20(22)21(12-19-5-4-9-25-19)17-8-10-27(23,24)13-17/h4-7,9,11,16-17H,8,10,12-13H2,1-3H3/t16-,17-/m0/s1. The number of ether oxygens (including phenoxy) is 1. The summed E-state index contributed by atoms with van der Waals surface area (Å²) in [6, 6.07) is 8.85. The highest BCUT2D eigenvalue weighted by molar-refractivity contribution is 7.91. The molecule has 2 atom stereocenters. The van der Waals surface area contributed by atoms with Crippen LogP contribution in [0, 0.1) is 13.8 Å². The van der Waals surface area contributed by atoms with Crippen LogP contribution in [0.15, 0.2) is 41.0 Å². The maximum Gasteiger partial charge on any atom is 0.264 e. The van der Waals surface area contributed by atoms with Crippen molar-refractivity contribution >= 4 is 15.7 Å². The third kappa shape index (κ3) is 4.71. The number of hydrogen-bond acceptors (Lipinski definition) is 5. The van der Waals surface area contributed by atoms with Gasteiger partial charge in [-0.1, -0.05) is 6.07 Å². The van der Waals surface area contributed by atoms with E-state index in [4.69, 9.17) is 9.15 Å². The molecule has 1 aliphatic rings. The molecule has 27 heavy (non-hydrogen) atoms. The SMILES string of the molecule is Cc1ccc(O[C@@H](C)C(=O)N(Cc2ccco2)[C@H]2CCS(=O)(=O)C2)cc1C. The number of aryl methyl sites for hydroxylation is 2. The number of carbonyl (C=O) groups is 1. The van der Waals surface area contributed by atoms with E-state index in [9.17, 15) is 13.2 Å². The predicted octanol–water partition coefficient (Wildman–Crippen LogP) is 2.88. The van der Waals surface area contributed by atoms with Gasteiger partial charge in [-0.25, -0.2) is 8.42 Å². The molecule has 0 aliphatic carbocycles. The second kappa shape index (κ2) is 7.76. The van der Waals surface area contributed by atoms with E-state index >= 15 is 0 Å². The molecule has 6 nitrogen and oxygen atoms in total. The van der Waals surface area contributed by atoms with Crippen molar-refractivity contribution in [2.45, 2.75) is 45.9 Å². The van der Waals surface area contributed by atoms with Gasteiger partial charge in [-0.05, 0) is 62.6 Å². The zero-order valence-electron chi connectivity index (χ0n) is 15.8. The first-order valence-electron chi connectivity index (χ1n) is 9.02. The van der Waals surface area contributed by atoms with Gasteiger partial charge in [0.25, 0.3) is 5.91 Å². The van der Waals surface area contributed by atoms with E-state index in [2.05, 4.69) is 0 Å². The van der Waals surface area contributed by atoms with E-state index in [1.807, 2.05) is 32.0 Å². The molecule has 1 saturated heterocycles. The largest absolute Gasteiger partial charge is 0.481 e. The van der Waals surface area contributed by atoms with Crippen molar-refractivity contribution in [3.05, 3.63) is 53.5 Å². The van der Waals surface area contributed by atoms with E-state index in [1.165, 1.54) is 0 Å². The van der Waals surface area contributed by atoms with Crippen molar-refractivity contribution in [3.8, 4) is 5.75 Å². The van der Waals surface area contributed by atoms with Gasteiger partial charge in [-0.15, -0.1) is 0 Å². The summed E-state index contributed by atoms with van der Waals surface area (Å²) in [6.45, 7) is 5.92. The number of carbonyl (C=O) groups excluding carboxylic acids is 1. The first-order chi connectivity index (χ1) is 12.7. The van der Waals surface area contributed by atoms with E-state index in [1.54, 1.807) is 30.2 Å². The highest BCUT2D eigenvalue weighted by Crippen LogP contribution is 2.23. The lowest BCUT2D eigenvalue weighted by atomic mass is 10.1. The Kier molecular flexibility index (Phi) is 5.60. The van der Waals surface area contributed by atoms with Crippen molar-refractivity contribution in [1.82, 2.24) is 4.90 Å². The predicted molar refractivity (Wildman–Crippen MR) is 102 cm³/mol. The van der Waals surface area contributed by atoms with Crippen LogP contribution in [0.25, 0.3) is 0 Å². The third-order valence-corrected chi connectivity index (χ3v) is 6.73. The van der Waals surface area contributed by atoms with Crippen LogP contribution in [0.2, 0.25) is 0 Å². The van der Waals surface area contributed by atoms with Crippen LogP contribution in [0.5, 0.6) is 5.75 Å². The number of rotatable bonds is 6. The first kappa shape index (κ1) is 19.5. The Hall–Kier alpha value is -2.28. The molecular weight excluding hydrogens is 366 g/mol. The summed E-state index contributed by atoms with van der Waals surface area (Å²) in [5.41, 5.74) is 2.23. The molecule has 7 heteroatoms. The molecule has 0 radical (unpaired) electrons.